The number of hydrogen-bond donors (Lipinski definition) is 2. The molecule has 2 aliphatic rings. The van der Waals surface area contributed by atoms with E-state index >= 15 is 0 Å². The summed E-state index contributed by atoms with van der Waals surface area (Å²) in [5.41, 5.74) is 1.55. The molecule has 11 nitrogen and oxygen atoms in total. The number of nitrogens with zero attached hydrogens (tertiary/aromatic N) is 4. The van der Waals surface area contributed by atoms with Crippen molar-refractivity contribution < 1.29 is 33.4 Å². The lowest BCUT2D eigenvalue weighted by Crippen LogP contribution is -2.76. The molecule has 4 rings (SSSR count). The van der Waals surface area contributed by atoms with E-state index in [0.717, 1.165) is 5.56 Å². The summed E-state index contributed by atoms with van der Waals surface area (Å²) in [5.74, 6) is -2.20. The molecule has 2 atom stereocenters. The van der Waals surface area contributed by atoms with Crippen molar-refractivity contribution in [2.24, 2.45) is 0 Å². The number of ether oxygens (including phenoxy) is 1. The minimum absolute atomic E-state index is 0.0345. The fourth-order valence-electron chi connectivity index (χ4n) is 5.05. The molecule has 0 radical (unpaired) electrons. The smallest absolute Gasteiger partial charge is 0.334 e. The van der Waals surface area contributed by atoms with Gasteiger partial charge in [-0.25, -0.2) is 19.2 Å². The van der Waals surface area contributed by atoms with Crippen LogP contribution in [-0.4, -0.2) is 93.7 Å². The van der Waals surface area contributed by atoms with Gasteiger partial charge in [-0.1, -0.05) is 49.4 Å². The lowest BCUT2D eigenvalue weighted by Gasteiger charge is -2.55. The fraction of sp³-hybridized carbons (Fsp3) is 0.429. The number of hydrogen-bond acceptors (Lipinski definition) is 6. The number of carbonyl (C=O) groups excluding carboxylic acids is 3. The molecule has 2 N–H and O–H groups in total. The molecule has 2 aromatic rings. The average molecular weight is 556 g/mol. The third kappa shape index (κ3) is 6.93. The maximum atomic E-state index is 13.5. The van der Waals surface area contributed by atoms with Gasteiger partial charge in [0.2, 0.25) is 11.8 Å². The Labute approximate surface area is 232 Å². The average Bonchev–Trinajstić information content (AvgIpc) is 2.94. The van der Waals surface area contributed by atoms with Crippen LogP contribution in [0.5, 0.6) is 0 Å². The van der Waals surface area contributed by atoms with Gasteiger partial charge >= 0.3 is 12.0 Å². The largest absolute Gasteiger partial charge is 0.481 e. The summed E-state index contributed by atoms with van der Waals surface area (Å²) in [6.45, 7) is 2.83. The third-order valence-corrected chi connectivity index (χ3v) is 6.98. The van der Waals surface area contributed by atoms with Gasteiger partial charge in [0, 0.05) is 26.1 Å². The summed E-state index contributed by atoms with van der Waals surface area (Å²) in [7, 11) is 0. The normalized spacial score (nSPS) is 19.5. The number of likely N-dealkylation sites (N-methyl/N-ethyl adjacent to an activating group) is 1. The molecule has 4 amide bonds. The molecular weight excluding hydrogens is 521 g/mol. The molecule has 0 spiro atoms. The van der Waals surface area contributed by atoms with Crippen LogP contribution in [0, 0.1) is 5.82 Å². The number of halogens is 1. The van der Waals surface area contributed by atoms with Crippen molar-refractivity contribution in [3.8, 4) is 0 Å². The molecule has 12 heteroatoms. The zero-order valence-electron chi connectivity index (χ0n) is 22.4. The van der Waals surface area contributed by atoms with Crippen LogP contribution >= 0.6 is 0 Å². The van der Waals surface area contributed by atoms with E-state index in [-0.39, 0.29) is 64.0 Å². The monoisotopic (exact) mass is 555 g/mol. The van der Waals surface area contributed by atoms with Gasteiger partial charge in [0.1, 0.15) is 18.0 Å². The Kier molecular flexibility index (Phi) is 9.67. The quantitative estimate of drug-likeness (QED) is 0.407. The lowest BCUT2D eigenvalue weighted by molar-refractivity contribution is -0.191. The van der Waals surface area contributed by atoms with Crippen LogP contribution in [0.4, 0.5) is 9.18 Å². The van der Waals surface area contributed by atoms with E-state index < -0.39 is 30.1 Å². The van der Waals surface area contributed by atoms with Gasteiger partial charge in [0.15, 0.2) is 0 Å². The first kappa shape index (κ1) is 29.0. The van der Waals surface area contributed by atoms with Crippen LogP contribution < -0.4 is 5.32 Å². The fourth-order valence-corrected chi connectivity index (χ4v) is 5.05. The Balaban J connectivity index is 1.51. The van der Waals surface area contributed by atoms with Gasteiger partial charge in [-0.3, -0.25) is 14.4 Å². The van der Waals surface area contributed by atoms with Crippen LogP contribution in [0.1, 0.15) is 30.9 Å². The van der Waals surface area contributed by atoms with E-state index in [4.69, 9.17) is 4.74 Å². The summed E-state index contributed by atoms with van der Waals surface area (Å²) in [6.07, 6.45) is -1.21. The minimum Gasteiger partial charge on any atom is -0.481 e. The van der Waals surface area contributed by atoms with Crippen LogP contribution in [0.25, 0.3) is 0 Å². The summed E-state index contributed by atoms with van der Waals surface area (Å²) < 4.78 is 19.2. The standard InChI is InChI=1S/C28H34FN5O6/c1-2-32-18-25(35)33-23(11-12-26(36)37)27(38)31(13-14-40-19-21-9-6-10-22(29)15-21)17-24(33)34(32)28(39)30-16-20-7-4-3-5-8-20/h3-10,15,23-24H,2,11-14,16-19H2,1H3,(H,30,39)(H,36,37)/t23-,24-/m0/s1. The SMILES string of the molecule is CCN1CC(=O)N2[C@@H](CCC(=O)O)C(=O)N(CCOCc3cccc(F)c3)C[C@@H]2N1C(=O)NCc1ccccc1. The van der Waals surface area contributed by atoms with Gasteiger partial charge in [0.25, 0.3) is 0 Å². The molecule has 2 heterocycles. The van der Waals surface area contributed by atoms with Gasteiger partial charge in [-0.2, -0.15) is 0 Å². The second-order valence-electron chi connectivity index (χ2n) is 9.67. The van der Waals surface area contributed by atoms with Crippen LogP contribution in [0.15, 0.2) is 54.6 Å². The summed E-state index contributed by atoms with van der Waals surface area (Å²) >= 11 is 0. The molecule has 0 aromatic heterocycles. The highest BCUT2D eigenvalue weighted by Gasteiger charge is 2.51. The number of piperazine rings is 1. The van der Waals surface area contributed by atoms with Crippen molar-refractivity contribution in [1.29, 1.82) is 0 Å². The highest BCUT2D eigenvalue weighted by Crippen LogP contribution is 2.28. The van der Waals surface area contributed by atoms with Gasteiger partial charge in [-0.15, -0.1) is 0 Å². The number of carboxylic acid groups (broad SMARTS) is 1. The number of hydrazine groups is 1. The maximum absolute atomic E-state index is 13.5. The first-order chi connectivity index (χ1) is 19.3. The van der Waals surface area contributed by atoms with E-state index in [1.54, 1.807) is 17.1 Å². The van der Waals surface area contributed by atoms with Crippen LogP contribution in [-0.2, 0) is 32.3 Å². The molecule has 0 bridgehead atoms. The van der Waals surface area contributed by atoms with Gasteiger partial charge < -0.3 is 25.0 Å². The molecule has 214 valence electrons. The van der Waals surface area contributed by atoms with Crippen LogP contribution in [0.3, 0.4) is 0 Å². The maximum Gasteiger partial charge on any atom is 0.334 e. The number of nitrogens with one attached hydrogen (secondary N) is 1. The summed E-state index contributed by atoms with van der Waals surface area (Å²) in [6, 6.07) is 13.9. The Morgan fingerprint density at radius 3 is 2.55 bits per heavy atom. The molecule has 0 saturated carbocycles. The number of amides is 4. The van der Waals surface area contributed by atoms with Gasteiger partial charge in [0.05, 0.1) is 26.3 Å². The Morgan fingerprint density at radius 1 is 1.10 bits per heavy atom. The molecule has 2 aromatic carbocycles. The number of rotatable bonds is 11. The first-order valence-electron chi connectivity index (χ1n) is 13.3. The molecule has 2 aliphatic heterocycles. The molecular formula is C28H34FN5O6. The van der Waals surface area contributed by atoms with Crippen molar-refractivity contribution in [2.75, 3.05) is 32.8 Å². The van der Waals surface area contributed by atoms with Crippen molar-refractivity contribution in [3.63, 3.8) is 0 Å². The predicted molar refractivity (Wildman–Crippen MR) is 142 cm³/mol. The zero-order chi connectivity index (χ0) is 28.6. The molecule has 40 heavy (non-hydrogen) atoms. The lowest BCUT2D eigenvalue weighted by atomic mass is 10.0. The molecule has 2 fully saturated rings. The highest BCUT2D eigenvalue weighted by molar-refractivity contribution is 5.91. The molecule has 0 unspecified atom stereocenters. The van der Waals surface area contributed by atoms with E-state index in [0.29, 0.717) is 12.1 Å². The first-order valence-corrected chi connectivity index (χ1v) is 13.3. The molecule has 2 saturated heterocycles. The zero-order valence-corrected chi connectivity index (χ0v) is 22.4. The number of benzene rings is 2. The Bertz CT molecular complexity index is 1210. The van der Waals surface area contributed by atoms with Crippen LogP contribution in [0.2, 0.25) is 0 Å². The number of aliphatic carboxylic acids is 1. The van der Waals surface area contributed by atoms with Crippen molar-refractivity contribution in [1.82, 2.24) is 25.1 Å². The highest BCUT2D eigenvalue weighted by atomic mass is 19.1. The number of carbonyl (C=O) groups is 4. The second kappa shape index (κ2) is 13.4. The number of fused-ring (bicyclic) bond motifs is 1. The van der Waals surface area contributed by atoms with Gasteiger partial charge in [-0.05, 0) is 29.7 Å². The van der Waals surface area contributed by atoms with E-state index in [1.165, 1.54) is 26.9 Å². The number of urea groups is 1. The van der Waals surface area contributed by atoms with E-state index in [1.807, 2.05) is 37.3 Å². The van der Waals surface area contributed by atoms with Crippen molar-refractivity contribution in [2.45, 2.75) is 45.1 Å². The Morgan fingerprint density at radius 2 is 1.85 bits per heavy atom. The van der Waals surface area contributed by atoms with Crippen molar-refractivity contribution >= 4 is 23.8 Å². The Hall–Kier alpha value is -4.03. The predicted octanol–water partition coefficient (Wildman–Crippen LogP) is 2.03. The topological polar surface area (TPSA) is 123 Å². The number of carboxylic acids is 1. The summed E-state index contributed by atoms with van der Waals surface area (Å²) in [5, 5.41) is 15.3. The second-order valence-corrected chi connectivity index (χ2v) is 9.67. The molecule has 0 aliphatic carbocycles. The summed E-state index contributed by atoms with van der Waals surface area (Å²) in [4.78, 5) is 54.5. The minimum atomic E-state index is -1.09. The van der Waals surface area contributed by atoms with E-state index in [9.17, 15) is 28.7 Å². The third-order valence-electron chi connectivity index (χ3n) is 6.98. The van der Waals surface area contributed by atoms with Crippen molar-refractivity contribution in [3.05, 3.63) is 71.5 Å². The van der Waals surface area contributed by atoms with E-state index in [2.05, 4.69) is 5.32 Å².